The zero-order chi connectivity index (χ0) is 25.8. The van der Waals surface area contributed by atoms with Crippen LogP contribution in [0.4, 0.5) is 4.79 Å². The smallest absolute Gasteiger partial charge is 0.335 e. The summed E-state index contributed by atoms with van der Waals surface area (Å²) in [6, 6.07) is 16.5. The van der Waals surface area contributed by atoms with Crippen LogP contribution in [0.2, 0.25) is 10.0 Å². The fourth-order valence-electron chi connectivity index (χ4n) is 3.42. The molecular formula is C26H19Cl2NO6S. The molecule has 0 atom stereocenters. The molecule has 3 aromatic rings. The van der Waals surface area contributed by atoms with Crippen molar-refractivity contribution in [3.8, 4) is 11.5 Å². The van der Waals surface area contributed by atoms with E-state index in [4.69, 9.17) is 37.8 Å². The lowest BCUT2D eigenvalue weighted by Gasteiger charge is -2.14. The third-order valence-electron chi connectivity index (χ3n) is 5.26. The summed E-state index contributed by atoms with van der Waals surface area (Å²) in [4.78, 5) is 37.8. The zero-order valence-corrected chi connectivity index (χ0v) is 21.2. The molecule has 1 aliphatic rings. The van der Waals surface area contributed by atoms with Crippen LogP contribution in [0.5, 0.6) is 11.5 Å². The van der Waals surface area contributed by atoms with Gasteiger partial charge in [0, 0.05) is 5.02 Å². The second-order valence-corrected chi connectivity index (χ2v) is 9.56. The Bertz CT molecular complexity index is 1360. The van der Waals surface area contributed by atoms with Gasteiger partial charge in [0.1, 0.15) is 6.61 Å². The number of rotatable bonds is 8. The van der Waals surface area contributed by atoms with E-state index in [9.17, 15) is 14.4 Å². The quantitative estimate of drug-likeness (QED) is 0.323. The van der Waals surface area contributed by atoms with Crippen LogP contribution in [0.1, 0.15) is 27.0 Å². The predicted molar refractivity (Wildman–Crippen MR) is 139 cm³/mol. The summed E-state index contributed by atoms with van der Waals surface area (Å²) in [5.41, 5.74) is 2.27. The first kappa shape index (κ1) is 25.6. The van der Waals surface area contributed by atoms with E-state index in [1.807, 2.05) is 0 Å². The molecule has 1 aliphatic heterocycles. The van der Waals surface area contributed by atoms with Crippen molar-refractivity contribution in [3.05, 3.63) is 97.9 Å². The Morgan fingerprint density at radius 2 is 1.69 bits per heavy atom. The van der Waals surface area contributed by atoms with Crippen molar-refractivity contribution in [2.45, 2.75) is 13.2 Å². The van der Waals surface area contributed by atoms with E-state index in [1.165, 1.54) is 24.1 Å². The molecule has 0 radical (unpaired) electrons. The molecule has 0 unspecified atom stereocenters. The van der Waals surface area contributed by atoms with Crippen molar-refractivity contribution in [2.75, 3.05) is 7.11 Å². The number of hydrogen-bond donors (Lipinski definition) is 1. The Balaban J connectivity index is 1.50. The number of carbonyl (C=O) groups is 3. The Morgan fingerprint density at radius 1 is 1.03 bits per heavy atom. The summed E-state index contributed by atoms with van der Waals surface area (Å²) < 4.78 is 11.3. The monoisotopic (exact) mass is 543 g/mol. The number of ether oxygens (including phenoxy) is 2. The van der Waals surface area contributed by atoms with Crippen LogP contribution in [0.15, 0.2) is 65.6 Å². The Kier molecular flexibility index (Phi) is 7.88. The number of methoxy groups -OCH3 is 1. The van der Waals surface area contributed by atoms with Gasteiger partial charge in [-0.1, -0.05) is 47.5 Å². The van der Waals surface area contributed by atoms with Gasteiger partial charge in [-0.05, 0) is 70.9 Å². The molecule has 7 nitrogen and oxygen atoms in total. The van der Waals surface area contributed by atoms with Crippen molar-refractivity contribution in [3.63, 3.8) is 0 Å². The molecule has 10 heteroatoms. The van der Waals surface area contributed by atoms with Gasteiger partial charge in [0.15, 0.2) is 11.5 Å². The maximum absolute atomic E-state index is 12.9. The highest BCUT2D eigenvalue weighted by Crippen LogP contribution is 2.39. The number of aromatic carboxylic acids is 1. The Hall–Kier alpha value is -3.46. The number of carboxylic acids is 1. The molecule has 184 valence electrons. The summed E-state index contributed by atoms with van der Waals surface area (Å²) >= 11 is 13.2. The van der Waals surface area contributed by atoms with Gasteiger partial charge in [0.05, 0.1) is 29.1 Å². The molecule has 0 spiro atoms. The van der Waals surface area contributed by atoms with Crippen LogP contribution in [0.3, 0.4) is 0 Å². The highest BCUT2D eigenvalue weighted by Gasteiger charge is 2.35. The van der Waals surface area contributed by atoms with Crippen molar-refractivity contribution in [2.24, 2.45) is 0 Å². The minimum absolute atomic E-state index is 0.138. The molecule has 0 aliphatic carbocycles. The van der Waals surface area contributed by atoms with Crippen LogP contribution in [0.25, 0.3) is 6.08 Å². The average Bonchev–Trinajstić information content (AvgIpc) is 3.11. The number of benzene rings is 3. The van der Waals surface area contributed by atoms with Crippen LogP contribution in [-0.4, -0.2) is 34.2 Å². The number of halogens is 2. The molecule has 3 aromatic carbocycles. The van der Waals surface area contributed by atoms with Gasteiger partial charge in [-0.3, -0.25) is 14.5 Å². The van der Waals surface area contributed by atoms with Crippen molar-refractivity contribution in [1.82, 2.24) is 4.90 Å². The number of hydrogen-bond acceptors (Lipinski definition) is 6. The lowest BCUT2D eigenvalue weighted by atomic mass is 10.1. The second-order valence-electron chi connectivity index (χ2n) is 7.72. The SMILES string of the molecule is COc1cc(/C=C2\SC(=O)N(Cc3ccc(Cl)cc3)C2=O)cc(Cl)c1OCc1ccc(C(=O)O)cc1. The van der Waals surface area contributed by atoms with Gasteiger partial charge >= 0.3 is 5.97 Å². The van der Waals surface area contributed by atoms with E-state index in [-0.39, 0.29) is 33.9 Å². The highest BCUT2D eigenvalue weighted by atomic mass is 35.5. The first-order chi connectivity index (χ1) is 17.2. The number of nitrogens with zero attached hydrogens (tertiary/aromatic N) is 1. The topological polar surface area (TPSA) is 93.1 Å². The van der Waals surface area contributed by atoms with Crippen LogP contribution >= 0.6 is 35.0 Å². The van der Waals surface area contributed by atoms with Gasteiger partial charge in [-0.15, -0.1) is 0 Å². The molecule has 1 heterocycles. The standard InChI is InChI=1S/C26H19Cl2NO6S/c1-34-21-11-17(10-20(28)23(21)35-14-16-2-6-18(7-3-16)25(31)32)12-22-24(30)29(26(33)36-22)13-15-4-8-19(27)9-5-15/h2-12H,13-14H2,1H3,(H,31,32)/b22-12-. The summed E-state index contributed by atoms with van der Waals surface area (Å²) in [6.45, 7) is 0.280. The number of carbonyl (C=O) groups excluding carboxylic acids is 2. The van der Waals surface area contributed by atoms with Gasteiger partial charge < -0.3 is 14.6 Å². The predicted octanol–water partition coefficient (Wildman–Crippen LogP) is 6.52. The van der Waals surface area contributed by atoms with Gasteiger partial charge in [0.25, 0.3) is 11.1 Å². The van der Waals surface area contributed by atoms with E-state index in [0.717, 1.165) is 22.9 Å². The van der Waals surface area contributed by atoms with Crippen molar-refractivity contribution < 1.29 is 29.0 Å². The summed E-state index contributed by atoms with van der Waals surface area (Å²) in [5.74, 6) is -0.767. The van der Waals surface area contributed by atoms with Crippen molar-refractivity contribution >= 4 is 58.2 Å². The second kappa shape index (κ2) is 11.1. The minimum Gasteiger partial charge on any atom is -0.493 e. The lowest BCUT2D eigenvalue weighted by Crippen LogP contribution is -2.27. The number of imide groups is 1. The highest BCUT2D eigenvalue weighted by molar-refractivity contribution is 8.18. The number of amides is 2. The lowest BCUT2D eigenvalue weighted by molar-refractivity contribution is -0.123. The van der Waals surface area contributed by atoms with Gasteiger partial charge in [-0.25, -0.2) is 4.79 Å². The van der Waals surface area contributed by atoms with Gasteiger partial charge in [-0.2, -0.15) is 0 Å². The molecule has 2 amide bonds. The van der Waals surface area contributed by atoms with E-state index in [1.54, 1.807) is 54.6 Å². The molecule has 0 saturated carbocycles. The fraction of sp³-hybridized carbons (Fsp3) is 0.115. The molecule has 1 fully saturated rings. The summed E-state index contributed by atoms with van der Waals surface area (Å²) in [7, 11) is 1.46. The molecule has 0 aromatic heterocycles. The molecule has 36 heavy (non-hydrogen) atoms. The van der Waals surface area contributed by atoms with E-state index in [0.29, 0.717) is 22.1 Å². The first-order valence-corrected chi connectivity index (χ1v) is 12.1. The van der Waals surface area contributed by atoms with Crippen LogP contribution < -0.4 is 9.47 Å². The normalized spacial score (nSPS) is 14.4. The summed E-state index contributed by atoms with van der Waals surface area (Å²) in [5, 5.41) is 9.48. The average molecular weight is 544 g/mol. The van der Waals surface area contributed by atoms with Crippen LogP contribution in [-0.2, 0) is 17.9 Å². The first-order valence-electron chi connectivity index (χ1n) is 10.6. The third-order valence-corrected chi connectivity index (χ3v) is 6.70. The number of carboxylic acid groups (broad SMARTS) is 1. The van der Waals surface area contributed by atoms with E-state index >= 15 is 0 Å². The van der Waals surface area contributed by atoms with Gasteiger partial charge in [0.2, 0.25) is 0 Å². The fourth-order valence-corrected chi connectivity index (χ4v) is 4.66. The largest absolute Gasteiger partial charge is 0.493 e. The number of thioether (sulfide) groups is 1. The Labute approximate surface area is 221 Å². The Morgan fingerprint density at radius 3 is 2.33 bits per heavy atom. The molecular weight excluding hydrogens is 525 g/mol. The van der Waals surface area contributed by atoms with E-state index < -0.39 is 11.9 Å². The zero-order valence-electron chi connectivity index (χ0n) is 18.9. The summed E-state index contributed by atoms with van der Waals surface area (Å²) in [6.07, 6.45) is 1.58. The van der Waals surface area contributed by atoms with Crippen molar-refractivity contribution in [1.29, 1.82) is 0 Å². The van der Waals surface area contributed by atoms with Crippen LogP contribution in [0, 0.1) is 0 Å². The molecule has 1 N–H and O–H groups in total. The molecule has 4 rings (SSSR count). The maximum Gasteiger partial charge on any atom is 0.335 e. The minimum atomic E-state index is -1.01. The maximum atomic E-state index is 12.9. The van der Waals surface area contributed by atoms with E-state index in [2.05, 4.69) is 0 Å². The molecule has 0 bridgehead atoms. The third kappa shape index (κ3) is 5.84. The molecule has 1 saturated heterocycles.